The first-order valence-corrected chi connectivity index (χ1v) is 8.45. The van der Waals surface area contributed by atoms with Gasteiger partial charge in [0.15, 0.2) is 0 Å². The van der Waals surface area contributed by atoms with E-state index in [9.17, 15) is 10.1 Å². The van der Waals surface area contributed by atoms with Gasteiger partial charge in [-0.1, -0.05) is 29.8 Å². The number of nitriles is 1. The van der Waals surface area contributed by atoms with E-state index in [0.29, 0.717) is 17.2 Å². The van der Waals surface area contributed by atoms with Crippen molar-refractivity contribution < 1.29 is 9.53 Å². The second-order valence-electron chi connectivity index (χ2n) is 5.71. The summed E-state index contributed by atoms with van der Waals surface area (Å²) in [5, 5.41) is 13.1. The standard InChI is InChI=1S/C18H18N2O2S/c1-11-5-7-13(8-6-11)16-12(2)23-18(14(16)10-19)20-17(21)15-4-3-9-22-15/h5-8,15H,3-4,9H2,1-2H3,(H,20,21). The molecule has 1 fully saturated rings. The number of aryl methyl sites for hydroxylation is 2. The van der Waals surface area contributed by atoms with Gasteiger partial charge < -0.3 is 10.1 Å². The van der Waals surface area contributed by atoms with E-state index < -0.39 is 6.10 Å². The number of nitrogens with zero attached hydrogens (tertiary/aromatic N) is 1. The summed E-state index contributed by atoms with van der Waals surface area (Å²) < 4.78 is 5.40. The Hall–Kier alpha value is -2.16. The van der Waals surface area contributed by atoms with Crippen molar-refractivity contribution in [1.82, 2.24) is 0 Å². The number of carbonyl (C=O) groups is 1. The first kappa shape index (κ1) is 15.7. The third-order valence-corrected chi connectivity index (χ3v) is 5.02. The van der Waals surface area contributed by atoms with Crippen LogP contribution in [0.2, 0.25) is 0 Å². The fraction of sp³-hybridized carbons (Fsp3) is 0.333. The van der Waals surface area contributed by atoms with Gasteiger partial charge in [0.05, 0.1) is 5.56 Å². The Balaban J connectivity index is 1.93. The lowest BCUT2D eigenvalue weighted by Crippen LogP contribution is -2.26. The van der Waals surface area contributed by atoms with Gasteiger partial charge in [0, 0.05) is 17.0 Å². The fourth-order valence-corrected chi connectivity index (χ4v) is 3.81. The zero-order chi connectivity index (χ0) is 16.4. The summed E-state index contributed by atoms with van der Waals surface area (Å²) in [6.07, 6.45) is 1.25. The van der Waals surface area contributed by atoms with E-state index in [1.807, 2.05) is 38.1 Å². The second-order valence-corrected chi connectivity index (χ2v) is 6.93. The molecule has 1 aromatic carbocycles. The van der Waals surface area contributed by atoms with Crippen LogP contribution in [-0.2, 0) is 9.53 Å². The Morgan fingerprint density at radius 3 is 2.70 bits per heavy atom. The van der Waals surface area contributed by atoms with Gasteiger partial charge in [-0.25, -0.2) is 0 Å². The Labute approximate surface area is 139 Å². The monoisotopic (exact) mass is 326 g/mol. The molecule has 0 radical (unpaired) electrons. The molecule has 1 unspecified atom stereocenters. The number of rotatable bonds is 3. The summed E-state index contributed by atoms with van der Waals surface area (Å²) in [6.45, 7) is 4.63. The minimum absolute atomic E-state index is 0.157. The number of hydrogen-bond donors (Lipinski definition) is 1. The average Bonchev–Trinajstić information content (AvgIpc) is 3.16. The highest BCUT2D eigenvalue weighted by molar-refractivity contribution is 7.17. The lowest BCUT2D eigenvalue weighted by molar-refractivity contribution is -0.124. The Morgan fingerprint density at radius 2 is 2.09 bits per heavy atom. The van der Waals surface area contributed by atoms with E-state index in [0.717, 1.165) is 28.8 Å². The van der Waals surface area contributed by atoms with Crippen molar-refractivity contribution in [3.8, 4) is 17.2 Å². The molecule has 0 spiro atoms. The van der Waals surface area contributed by atoms with Gasteiger partial charge in [0.1, 0.15) is 17.2 Å². The summed E-state index contributed by atoms with van der Waals surface area (Å²) in [6, 6.07) is 10.3. The molecule has 1 aliphatic rings. The Kier molecular flexibility index (Phi) is 4.46. The SMILES string of the molecule is Cc1ccc(-c2c(C)sc(NC(=O)C3CCCO3)c2C#N)cc1. The van der Waals surface area contributed by atoms with E-state index >= 15 is 0 Å². The van der Waals surface area contributed by atoms with Gasteiger partial charge in [0.25, 0.3) is 5.91 Å². The second kappa shape index (κ2) is 6.53. The van der Waals surface area contributed by atoms with Crippen LogP contribution in [0.4, 0.5) is 5.00 Å². The highest BCUT2D eigenvalue weighted by Crippen LogP contribution is 2.39. The minimum Gasteiger partial charge on any atom is -0.368 e. The van der Waals surface area contributed by atoms with Crippen molar-refractivity contribution in [1.29, 1.82) is 5.26 Å². The number of nitrogens with one attached hydrogen (secondary N) is 1. The van der Waals surface area contributed by atoms with Crippen LogP contribution in [0.15, 0.2) is 24.3 Å². The Morgan fingerprint density at radius 1 is 1.35 bits per heavy atom. The molecule has 1 N–H and O–H groups in total. The third-order valence-electron chi connectivity index (χ3n) is 4.00. The van der Waals surface area contributed by atoms with Gasteiger partial charge in [0.2, 0.25) is 0 Å². The maximum absolute atomic E-state index is 12.2. The molecular weight excluding hydrogens is 308 g/mol. The molecule has 2 heterocycles. The van der Waals surface area contributed by atoms with Crippen molar-refractivity contribution in [3.63, 3.8) is 0 Å². The maximum atomic E-state index is 12.2. The molecule has 1 atom stereocenters. The van der Waals surface area contributed by atoms with E-state index in [-0.39, 0.29) is 5.91 Å². The molecule has 4 nitrogen and oxygen atoms in total. The molecule has 2 aromatic rings. The van der Waals surface area contributed by atoms with Crippen LogP contribution in [0.3, 0.4) is 0 Å². The number of hydrogen-bond acceptors (Lipinski definition) is 4. The van der Waals surface area contributed by atoms with Crippen LogP contribution in [0.5, 0.6) is 0 Å². The molecule has 0 bridgehead atoms. The molecule has 5 heteroatoms. The molecular formula is C18H18N2O2S. The molecule has 0 saturated carbocycles. The topological polar surface area (TPSA) is 62.1 Å². The molecule has 1 aromatic heterocycles. The van der Waals surface area contributed by atoms with Crippen molar-refractivity contribution in [2.45, 2.75) is 32.8 Å². The average molecular weight is 326 g/mol. The molecule has 118 valence electrons. The fourth-order valence-electron chi connectivity index (χ4n) is 2.78. The van der Waals surface area contributed by atoms with Crippen LogP contribution >= 0.6 is 11.3 Å². The zero-order valence-corrected chi connectivity index (χ0v) is 14.0. The van der Waals surface area contributed by atoms with E-state index in [1.165, 1.54) is 16.9 Å². The van der Waals surface area contributed by atoms with Gasteiger partial charge >= 0.3 is 0 Å². The first-order chi connectivity index (χ1) is 11.1. The predicted molar refractivity (Wildman–Crippen MR) is 91.5 cm³/mol. The molecule has 3 rings (SSSR count). The summed E-state index contributed by atoms with van der Waals surface area (Å²) in [5.41, 5.74) is 3.61. The normalized spacial score (nSPS) is 17.0. The Bertz CT molecular complexity index is 766. The molecule has 23 heavy (non-hydrogen) atoms. The summed E-state index contributed by atoms with van der Waals surface area (Å²) in [7, 11) is 0. The zero-order valence-electron chi connectivity index (χ0n) is 13.2. The van der Waals surface area contributed by atoms with Crippen LogP contribution in [0, 0.1) is 25.2 Å². The van der Waals surface area contributed by atoms with Crippen molar-refractivity contribution in [3.05, 3.63) is 40.3 Å². The van der Waals surface area contributed by atoms with E-state index in [1.54, 1.807) is 0 Å². The smallest absolute Gasteiger partial charge is 0.254 e. The largest absolute Gasteiger partial charge is 0.368 e. The lowest BCUT2D eigenvalue weighted by atomic mass is 10.0. The maximum Gasteiger partial charge on any atom is 0.254 e. The molecule has 1 amide bonds. The highest BCUT2D eigenvalue weighted by atomic mass is 32.1. The van der Waals surface area contributed by atoms with Gasteiger partial charge in [-0.3, -0.25) is 4.79 Å². The summed E-state index contributed by atoms with van der Waals surface area (Å²) in [5.74, 6) is -0.157. The van der Waals surface area contributed by atoms with Crippen molar-refractivity contribution >= 4 is 22.2 Å². The van der Waals surface area contributed by atoms with Gasteiger partial charge in [-0.05, 0) is 32.3 Å². The number of amides is 1. The van der Waals surface area contributed by atoms with Crippen molar-refractivity contribution in [2.24, 2.45) is 0 Å². The number of carbonyl (C=O) groups excluding carboxylic acids is 1. The minimum atomic E-state index is -0.397. The first-order valence-electron chi connectivity index (χ1n) is 7.63. The number of anilines is 1. The van der Waals surface area contributed by atoms with Gasteiger partial charge in [-0.15, -0.1) is 11.3 Å². The van der Waals surface area contributed by atoms with Crippen molar-refractivity contribution in [2.75, 3.05) is 11.9 Å². The lowest BCUT2D eigenvalue weighted by Gasteiger charge is -2.09. The van der Waals surface area contributed by atoms with E-state index in [2.05, 4.69) is 11.4 Å². The molecule has 1 aliphatic heterocycles. The van der Waals surface area contributed by atoms with E-state index in [4.69, 9.17) is 4.74 Å². The van der Waals surface area contributed by atoms with Crippen LogP contribution in [-0.4, -0.2) is 18.6 Å². The van der Waals surface area contributed by atoms with Crippen LogP contribution < -0.4 is 5.32 Å². The number of benzene rings is 1. The van der Waals surface area contributed by atoms with Gasteiger partial charge in [-0.2, -0.15) is 5.26 Å². The van der Waals surface area contributed by atoms with Crippen LogP contribution in [0.25, 0.3) is 11.1 Å². The van der Waals surface area contributed by atoms with Crippen LogP contribution in [0.1, 0.15) is 28.8 Å². The third kappa shape index (κ3) is 3.14. The molecule has 0 aliphatic carbocycles. The summed E-state index contributed by atoms with van der Waals surface area (Å²) >= 11 is 1.44. The predicted octanol–water partition coefficient (Wildman–Crippen LogP) is 4.02. The summed E-state index contributed by atoms with van der Waals surface area (Å²) in [4.78, 5) is 13.3. The highest BCUT2D eigenvalue weighted by Gasteiger charge is 2.26. The number of thiophene rings is 1. The molecule has 1 saturated heterocycles. The number of ether oxygens (including phenoxy) is 1. The quantitative estimate of drug-likeness (QED) is 0.926.